The van der Waals surface area contributed by atoms with Crippen LogP contribution in [0.1, 0.15) is 61.3 Å². The molecular weight excluding hydrogens is 438 g/mol. The van der Waals surface area contributed by atoms with Crippen molar-refractivity contribution in [1.82, 2.24) is 25.3 Å². The van der Waals surface area contributed by atoms with Crippen LogP contribution < -0.4 is 10.6 Å². The highest BCUT2D eigenvalue weighted by Gasteiger charge is 2.40. The minimum Gasteiger partial charge on any atom is -0.357 e. The van der Waals surface area contributed by atoms with E-state index in [-0.39, 0.29) is 36.0 Å². The predicted octanol–water partition coefficient (Wildman–Crippen LogP) is 1.69. The summed E-state index contributed by atoms with van der Waals surface area (Å²) in [6, 6.07) is -3.07. The largest absolute Gasteiger partial charge is 0.357 e. The summed E-state index contributed by atoms with van der Waals surface area (Å²) in [4.78, 5) is 67.9. The number of imide groups is 1. The molecular formula is C24H45N5O5. The molecule has 2 N–H and O–H groups in total. The van der Waals surface area contributed by atoms with Crippen molar-refractivity contribution in [3.63, 3.8) is 0 Å². The van der Waals surface area contributed by atoms with Crippen LogP contribution in [0.25, 0.3) is 0 Å². The minimum atomic E-state index is -0.887. The zero-order valence-corrected chi connectivity index (χ0v) is 22.8. The summed E-state index contributed by atoms with van der Waals surface area (Å²) in [5, 5.41) is 4.87. The molecule has 0 aliphatic heterocycles. The number of hydrogen-bond acceptors (Lipinski definition) is 5. The van der Waals surface area contributed by atoms with Gasteiger partial charge in [0.1, 0.15) is 18.1 Å². The predicted molar refractivity (Wildman–Crippen MR) is 132 cm³/mol. The van der Waals surface area contributed by atoms with E-state index < -0.39 is 36.0 Å². The average molecular weight is 484 g/mol. The van der Waals surface area contributed by atoms with Gasteiger partial charge in [-0.15, -0.1) is 0 Å². The topological polar surface area (TPSA) is 119 Å². The number of amides is 6. The molecule has 34 heavy (non-hydrogen) atoms. The zero-order chi connectivity index (χ0) is 26.9. The first-order valence-corrected chi connectivity index (χ1v) is 11.9. The Morgan fingerprint density at radius 2 is 1.24 bits per heavy atom. The lowest BCUT2D eigenvalue weighted by molar-refractivity contribution is -0.151. The van der Waals surface area contributed by atoms with Crippen molar-refractivity contribution < 1.29 is 24.0 Å². The van der Waals surface area contributed by atoms with Gasteiger partial charge in [0.15, 0.2) is 0 Å². The van der Waals surface area contributed by atoms with Crippen molar-refractivity contribution in [3.05, 3.63) is 0 Å². The average Bonchev–Trinajstić information content (AvgIpc) is 2.75. The Morgan fingerprint density at radius 3 is 1.62 bits per heavy atom. The van der Waals surface area contributed by atoms with Crippen molar-refractivity contribution in [2.45, 2.75) is 79.4 Å². The molecule has 0 aliphatic rings. The zero-order valence-electron chi connectivity index (χ0n) is 22.8. The number of nitrogens with zero attached hydrogens (tertiary/aromatic N) is 3. The third-order valence-electron chi connectivity index (χ3n) is 5.90. The van der Waals surface area contributed by atoms with Crippen LogP contribution >= 0.6 is 0 Å². The van der Waals surface area contributed by atoms with Gasteiger partial charge in [0, 0.05) is 34.6 Å². The van der Waals surface area contributed by atoms with Gasteiger partial charge in [-0.05, 0) is 24.2 Å². The fourth-order valence-corrected chi connectivity index (χ4v) is 4.00. The number of hydrogen-bond donors (Lipinski definition) is 2. The molecule has 0 radical (unpaired) electrons. The second-order valence-corrected chi connectivity index (χ2v) is 9.85. The summed E-state index contributed by atoms with van der Waals surface area (Å²) in [6.07, 6.45) is 0.526. The van der Waals surface area contributed by atoms with Gasteiger partial charge in [0.25, 0.3) is 0 Å². The van der Waals surface area contributed by atoms with Crippen LogP contribution in [0.15, 0.2) is 0 Å². The van der Waals surface area contributed by atoms with Gasteiger partial charge >= 0.3 is 6.03 Å². The quantitative estimate of drug-likeness (QED) is 0.464. The monoisotopic (exact) mass is 483 g/mol. The van der Waals surface area contributed by atoms with Crippen LogP contribution in [-0.2, 0) is 19.2 Å². The van der Waals surface area contributed by atoms with E-state index in [9.17, 15) is 24.0 Å². The summed E-state index contributed by atoms with van der Waals surface area (Å²) >= 11 is 0. The molecule has 196 valence electrons. The molecule has 0 bridgehead atoms. The van der Waals surface area contributed by atoms with Crippen molar-refractivity contribution in [2.75, 3.05) is 28.2 Å². The second-order valence-electron chi connectivity index (χ2n) is 9.85. The van der Waals surface area contributed by atoms with Crippen molar-refractivity contribution in [1.29, 1.82) is 0 Å². The highest BCUT2D eigenvalue weighted by molar-refractivity contribution is 5.97. The lowest BCUT2D eigenvalue weighted by Gasteiger charge is -2.39. The molecule has 0 aromatic carbocycles. The Labute approximate surface area is 204 Å². The van der Waals surface area contributed by atoms with E-state index in [2.05, 4.69) is 10.6 Å². The standard InChI is InChI=1S/C24H45N5O5/c1-12-18(30)26-24(34)29(11)20(16(6)7)23(33)27(9)17(13-14(2)3)22(32)28(10)19(15(4)5)21(31)25-8/h14-17,19-20H,12-13H2,1-11H3,(H,25,31)(H,26,30,34)/t17-,19-,20?/m0/s1. The molecule has 6 amide bonds. The molecule has 1 unspecified atom stereocenters. The van der Waals surface area contributed by atoms with Crippen LogP contribution in [-0.4, -0.2) is 90.7 Å². The molecule has 10 nitrogen and oxygen atoms in total. The molecule has 10 heteroatoms. The van der Waals surface area contributed by atoms with E-state index in [1.54, 1.807) is 34.9 Å². The maximum absolute atomic E-state index is 13.6. The lowest BCUT2D eigenvalue weighted by Crippen LogP contribution is -2.60. The maximum atomic E-state index is 13.6. The van der Waals surface area contributed by atoms with Crippen LogP contribution in [0.5, 0.6) is 0 Å². The van der Waals surface area contributed by atoms with E-state index in [0.29, 0.717) is 6.42 Å². The van der Waals surface area contributed by atoms with E-state index in [1.807, 2.05) is 27.7 Å². The first kappa shape index (κ1) is 31.4. The molecule has 0 saturated carbocycles. The number of nitrogens with one attached hydrogen (secondary N) is 2. The second kappa shape index (κ2) is 13.9. The summed E-state index contributed by atoms with van der Waals surface area (Å²) in [7, 11) is 6.10. The van der Waals surface area contributed by atoms with Crippen molar-refractivity contribution >= 4 is 29.7 Å². The Morgan fingerprint density at radius 1 is 0.735 bits per heavy atom. The van der Waals surface area contributed by atoms with E-state index in [1.165, 1.54) is 28.8 Å². The van der Waals surface area contributed by atoms with Crippen LogP contribution in [0.4, 0.5) is 4.79 Å². The fraction of sp³-hybridized carbons (Fsp3) is 0.792. The summed E-state index contributed by atoms with van der Waals surface area (Å²) in [5.74, 6) is -1.79. The van der Waals surface area contributed by atoms with Gasteiger partial charge in [-0.2, -0.15) is 0 Å². The van der Waals surface area contributed by atoms with Gasteiger partial charge in [0.05, 0.1) is 0 Å². The molecule has 3 atom stereocenters. The molecule has 0 rings (SSSR count). The minimum absolute atomic E-state index is 0.0933. The van der Waals surface area contributed by atoms with Gasteiger partial charge < -0.3 is 20.0 Å². The molecule has 0 aliphatic carbocycles. The van der Waals surface area contributed by atoms with Crippen LogP contribution in [0.3, 0.4) is 0 Å². The number of carbonyl (C=O) groups is 5. The Bertz CT molecular complexity index is 737. The van der Waals surface area contributed by atoms with Gasteiger partial charge in [-0.3, -0.25) is 24.5 Å². The normalized spacial score (nSPS) is 13.8. The van der Waals surface area contributed by atoms with E-state index in [4.69, 9.17) is 0 Å². The first-order valence-electron chi connectivity index (χ1n) is 11.9. The summed E-state index contributed by atoms with van der Waals surface area (Å²) in [5.41, 5.74) is 0. The highest BCUT2D eigenvalue weighted by Crippen LogP contribution is 2.21. The smallest absolute Gasteiger partial charge is 0.324 e. The molecule has 0 spiro atoms. The summed E-state index contributed by atoms with van der Waals surface area (Å²) < 4.78 is 0. The molecule has 0 heterocycles. The van der Waals surface area contributed by atoms with Gasteiger partial charge in [-0.25, -0.2) is 4.79 Å². The fourth-order valence-electron chi connectivity index (χ4n) is 4.00. The van der Waals surface area contributed by atoms with E-state index in [0.717, 1.165) is 0 Å². The van der Waals surface area contributed by atoms with Crippen molar-refractivity contribution in [3.8, 4) is 0 Å². The summed E-state index contributed by atoms with van der Waals surface area (Å²) in [6.45, 7) is 12.8. The number of carbonyl (C=O) groups excluding carboxylic acids is 5. The maximum Gasteiger partial charge on any atom is 0.324 e. The molecule has 0 aromatic heterocycles. The lowest BCUT2D eigenvalue weighted by atomic mass is 9.96. The Balaban J connectivity index is 6.08. The number of urea groups is 1. The number of rotatable bonds is 11. The number of likely N-dealkylation sites (N-methyl/N-ethyl adjacent to an activating group) is 4. The highest BCUT2D eigenvalue weighted by atomic mass is 16.2. The third-order valence-corrected chi connectivity index (χ3v) is 5.90. The molecule has 0 aromatic rings. The van der Waals surface area contributed by atoms with Gasteiger partial charge in [-0.1, -0.05) is 48.5 Å². The third kappa shape index (κ3) is 8.29. The molecule has 0 fully saturated rings. The van der Waals surface area contributed by atoms with Crippen LogP contribution in [0, 0.1) is 17.8 Å². The molecule has 0 saturated heterocycles. The SMILES string of the molecule is CCC(=O)NC(=O)N(C)C(C(=O)N(C)[C@@H](CC(C)C)C(=O)N(C)[C@H](C(=O)NC)C(C)C)C(C)C. The van der Waals surface area contributed by atoms with Gasteiger partial charge in [0.2, 0.25) is 23.6 Å². The van der Waals surface area contributed by atoms with Crippen molar-refractivity contribution in [2.24, 2.45) is 17.8 Å². The Hall–Kier alpha value is -2.65. The Kier molecular flexibility index (Phi) is 12.8. The van der Waals surface area contributed by atoms with Crippen LogP contribution in [0.2, 0.25) is 0 Å². The van der Waals surface area contributed by atoms with E-state index >= 15 is 0 Å². The first-order chi connectivity index (χ1) is 15.6.